The van der Waals surface area contributed by atoms with Crippen LogP contribution in [-0.2, 0) is 0 Å². The van der Waals surface area contributed by atoms with Gasteiger partial charge in [-0.15, -0.1) is 0 Å². The van der Waals surface area contributed by atoms with Gasteiger partial charge in [0.25, 0.3) is 0 Å². The first-order valence-corrected chi connectivity index (χ1v) is 6.89. The maximum absolute atomic E-state index is 3.41. The molecule has 0 saturated heterocycles. The summed E-state index contributed by atoms with van der Waals surface area (Å²) in [5.74, 6) is 0.773. The standard InChI is InChI=1S/C14H31N/c1-5-6-7-8-9-10-11-12-14(15-4)13(2)3/h13-15H,5-12H2,1-4H3. The Morgan fingerprint density at radius 2 is 1.40 bits per heavy atom. The summed E-state index contributed by atoms with van der Waals surface area (Å²) in [7, 11) is 2.09. The highest BCUT2D eigenvalue weighted by Gasteiger charge is 2.09. The molecule has 0 aliphatic rings. The lowest BCUT2D eigenvalue weighted by atomic mass is 9.97. The number of hydrogen-bond donors (Lipinski definition) is 1. The molecule has 0 aromatic heterocycles. The molecular weight excluding hydrogens is 182 g/mol. The molecule has 0 aliphatic carbocycles. The van der Waals surface area contributed by atoms with Crippen LogP contribution in [0.1, 0.15) is 72.1 Å². The minimum Gasteiger partial charge on any atom is -0.317 e. The molecule has 1 N–H and O–H groups in total. The lowest BCUT2D eigenvalue weighted by molar-refractivity contribution is 0.386. The van der Waals surface area contributed by atoms with E-state index in [-0.39, 0.29) is 0 Å². The zero-order valence-corrected chi connectivity index (χ0v) is 11.3. The molecule has 15 heavy (non-hydrogen) atoms. The van der Waals surface area contributed by atoms with Gasteiger partial charge in [0.2, 0.25) is 0 Å². The smallest absolute Gasteiger partial charge is 0.00870 e. The summed E-state index contributed by atoms with van der Waals surface area (Å²) in [6, 6.07) is 0.723. The minimum atomic E-state index is 0.723. The first-order valence-electron chi connectivity index (χ1n) is 6.89. The van der Waals surface area contributed by atoms with Crippen molar-refractivity contribution in [3.05, 3.63) is 0 Å². The summed E-state index contributed by atoms with van der Waals surface area (Å²) in [5, 5.41) is 3.41. The molecule has 1 atom stereocenters. The molecule has 0 heterocycles. The fourth-order valence-corrected chi connectivity index (χ4v) is 2.13. The molecule has 0 fully saturated rings. The van der Waals surface area contributed by atoms with Crippen LogP contribution in [0.3, 0.4) is 0 Å². The van der Waals surface area contributed by atoms with Gasteiger partial charge in [0.1, 0.15) is 0 Å². The average Bonchev–Trinajstić information content (AvgIpc) is 2.21. The molecule has 1 heteroatoms. The van der Waals surface area contributed by atoms with Crippen LogP contribution in [0.4, 0.5) is 0 Å². The van der Waals surface area contributed by atoms with Gasteiger partial charge in [-0.25, -0.2) is 0 Å². The second-order valence-corrected chi connectivity index (χ2v) is 5.05. The van der Waals surface area contributed by atoms with Gasteiger partial charge in [-0.05, 0) is 19.4 Å². The van der Waals surface area contributed by atoms with Gasteiger partial charge < -0.3 is 5.32 Å². The Balaban J connectivity index is 3.22. The maximum atomic E-state index is 3.41. The van der Waals surface area contributed by atoms with E-state index in [1.807, 2.05) is 0 Å². The van der Waals surface area contributed by atoms with Gasteiger partial charge in [0, 0.05) is 6.04 Å². The highest BCUT2D eigenvalue weighted by molar-refractivity contribution is 4.67. The Bertz CT molecular complexity index is 121. The zero-order chi connectivity index (χ0) is 11.5. The topological polar surface area (TPSA) is 12.0 Å². The summed E-state index contributed by atoms with van der Waals surface area (Å²) in [6.07, 6.45) is 11.3. The monoisotopic (exact) mass is 213 g/mol. The first-order chi connectivity index (χ1) is 7.22. The third-order valence-electron chi connectivity index (χ3n) is 3.29. The molecule has 0 aliphatic heterocycles. The predicted molar refractivity (Wildman–Crippen MR) is 70.3 cm³/mol. The van der Waals surface area contributed by atoms with Crippen LogP contribution in [0.2, 0.25) is 0 Å². The molecular formula is C14H31N. The molecule has 0 aromatic rings. The molecule has 92 valence electrons. The van der Waals surface area contributed by atoms with Crippen molar-refractivity contribution in [3.63, 3.8) is 0 Å². The molecule has 1 nitrogen and oxygen atoms in total. The van der Waals surface area contributed by atoms with Crippen molar-refractivity contribution in [2.24, 2.45) is 5.92 Å². The van der Waals surface area contributed by atoms with Crippen molar-refractivity contribution in [1.29, 1.82) is 0 Å². The van der Waals surface area contributed by atoms with Crippen LogP contribution < -0.4 is 5.32 Å². The molecule has 0 spiro atoms. The highest BCUT2D eigenvalue weighted by Crippen LogP contribution is 2.13. The molecule has 0 aromatic carbocycles. The zero-order valence-electron chi connectivity index (χ0n) is 11.3. The van der Waals surface area contributed by atoms with Crippen LogP contribution in [-0.4, -0.2) is 13.1 Å². The van der Waals surface area contributed by atoms with E-state index < -0.39 is 0 Å². The van der Waals surface area contributed by atoms with Gasteiger partial charge in [0.05, 0.1) is 0 Å². The quantitative estimate of drug-likeness (QED) is 0.531. The SMILES string of the molecule is CCCCCCCCCC(NC)C(C)C. The van der Waals surface area contributed by atoms with Gasteiger partial charge in [0.15, 0.2) is 0 Å². The van der Waals surface area contributed by atoms with Crippen LogP contribution in [0.5, 0.6) is 0 Å². The molecule has 0 amide bonds. The van der Waals surface area contributed by atoms with Crippen LogP contribution >= 0.6 is 0 Å². The van der Waals surface area contributed by atoms with Gasteiger partial charge in [-0.1, -0.05) is 65.7 Å². The van der Waals surface area contributed by atoms with E-state index in [1.54, 1.807) is 0 Å². The van der Waals surface area contributed by atoms with Crippen molar-refractivity contribution < 1.29 is 0 Å². The van der Waals surface area contributed by atoms with E-state index in [1.165, 1.54) is 51.4 Å². The van der Waals surface area contributed by atoms with E-state index in [2.05, 4.69) is 33.1 Å². The molecule has 0 saturated carbocycles. The van der Waals surface area contributed by atoms with Crippen LogP contribution in [0, 0.1) is 5.92 Å². The van der Waals surface area contributed by atoms with Crippen molar-refractivity contribution >= 4 is 0 Å². The molecule has 0 rings (SSSR count). The van der Waals surface area contributed by atoms with E-state index in [0.29, 0.717) is 0 Å². The summed E-state index contributed by atoms with van der Waals surface area (Å²) in [6.45, 7) is 6.89. The Morgan fingerprint density at radius 1 is 0.867 bits per heavy atom. The van der Waals surface area contributed by atoms with Crippen molar-refractivity contribution in [1.82, 2.24) is 5.32 Å². The maximum Gasteiger partial charge on any atom is 0.00870 e. The lowest BCUT2D eigenvalue weighted by Gasteiger charge is -2.19. The highest BCUT2D eigenvalue weighted by atomic mass is 14.9. The van der Waals surface area contributed by atoms with Crippen molar-refractivity contribution in [3.8, 4) is 0 Å². The fourth-order valence-electron chi connectivity index (χ4n) is 2.13. The molecule has 0 radical (unpaired) electrons. The van der Waals surface area contributed by atoms with Gasteiger partial charge >= 0.3 is 0 Å². The van der Waals surface area contributed by atoms with Crippen LogP contribution in [0.15, 0.2) is 0 Å². The number of nitrogens with one attached hydrogen (secondary N) is 1. The third kappa shape index (κ3) is 8.92. The van der Waals surface area contributed by atoms with Gasteiger partial charge in [-0.3, -0.25) is 0 Å². The summed E-state index contributed by atoms with van der Waals surface area (Å²) in [4.78, 5) is 0. The van der Waals surface area contributed by atoms with Crippen molar-refractivity contribution in [2.75, 3.05) is 7.05 Å². The van der Waals surface area contributed by atoms with Crippen LogP contribution in [0.25, 0.3) is 0 Å². The first kappa shape index (κ1) is 15.0. The van der Waals surface area contributed by atoms with E-state index in [4.69, 9.17) is 0 Å². The lowest BCUT2D eigenvalue weighted by Crippen LogP contribution is -2.30. The third-order valence-corrected chi connectivity index (χ3v) is 3.29. The Kier molecular flexibility index (Phi) is 10.4. The van der Waals surface area contributed by atoms with E-state index in [9.17, 15) is 0 Å². The average molecular weight is 213 g/mol. The second-order valence-electron chi connectivity index (χ2n) is 5.05. The normalized spacial score (nSPS) is 13.4. The van der Waals surface area contributed by atoms with Crippen molar-refractivity contribution in [2.45, 2.75) is 78.2 Å². The summed E-state index contributed by atoms with van der Waals surface area (Å²) in [5.41, 5.74) is 0. The number of rotatable bonds is 10. The number of unbranched alkanes of at least 4 members (excludes halogenated alkanes) is 6. The van der Waals surface area contributed by atoms with Gasteiger partial charge in [-0.2, -0.15) is 0 Å². The second kappa shape index (κ2) is 10.5. The molecule has 1 unspecified atom stereocenters. The molecule has 0 bridgehead atoms. The Labute approximate surface area is 97.0 Å². The predicted octanol–water partition coefficient (Wildman–Crippen LogP) is 4.37. The largest absolute Gasteiger partial charge is 0.317 e. The van der Waals surface area contributed by atoms with E-state index in [0.717, 1.165) is 12.0 Å². The fraction of sp³-hybridized carbons (Fsp3) is 1.00. The minimum absolute atomic E-state index is 0.723. The Hall–Kier alpha value is -0.0400. The Morgan fingerprint density at radius 3 is 1.87 bits per heavy atom. The summed E-state index contributed by atoms with van der Waals surface area (Å²) < 4.78 is 0. The van der Waals surface area contributed by atoms with E-state index >= 15 is 0 Å². The summed E-state index contributed by atoms with van der Waals surface area (Å²) >= 11 is 0. The number of hydrogen-bond acceptors (Lipinski definition) is 1.